The Labute approximate surface area is 175 Å². The molecule has 0 aliphatic carbocycles. The largest absolute Gasteiger partial charge is 0.504 e. The maximum absolute atomic E-state index is 12.7. The van der Waals surface area contributed by atoms with Gasteiger partial charge >= 0.3 is 0 Å². The Morgan fingerprint density at radius 3 is 2.55 bits per heavy atom. The first-order chi connectivity index (χ1) is 13.8. The lowest BCUT2D eigenvalue weighted by molar-refractivity contribution is 0.434. The first-order valence-corrected chi connectivity index (χ1v) is 12.1. The number of hydrogen-bond acceptors (Lipinski definition) is 8. The second kappa shape index (κ2) is 8.65. The standard InChI is InChI=1S/C16H21N5O5S3/c1-4-21(5-2)29(24,25)16-13(22)12(9-27-16)18-15-14(19-28(23)20-15)17-8-11-7-6-10(3)26-11/h6-7,9,22H,4-5,8H2,1-3H3,(H,17,19)(H,18,20). The van der Waals surface area contributed by atoms with E-state index in [-0.39, 0.29) is 34.7 Å². The van der Waals surface area contributed by atoms with E-state index in [0.29, 0.717) is 12.3 Å². The summed E-state index contributed by atoms with van der Waals surface area (Å²) in [5.41, 5.74) is 0.140. The van der Waals surface area contributed by atoms with Crippen LogP contribution in [0.1, 0.15) is 25.4 Å². The highest BCUT2D eigenvalue weighted by Gasteiger charge is 2.30. The van der Waals surface area contributed by atoms with Crippen LogP contribution in [0.3, 0.4) is 0 Å². The molecule has 2 aromatic rings. The van der Waals surface area contributed by atoms with Gasteiger partial charge in [0.25, 0.3) is 21.2 Å². The number of aromatic hydroxyl groups is 1. The average Bonchev–Trinajstić information content (AvgIpc) is 3.34. The van der Waals surface area contributed by atoms with Gasteiger partial charge in [-0.15, -0.1) is 20.1 Å². The molecule has 29 heavy (non-hydrogen) atoms. The molecule has 2 aromatic heterocycles. The third kappa shape index (κ3) is 4.52. The summed E-state index contributed by atoms with van der Waals surface area (Å²) in [7, 11) is -3.81. The lowest BCUT2D eigenvalue weighted by atomic mass is 10.4. The minimum atomic E-state index is -3.81. The molecule has 0 amide bonds. The zero-order valence-corrected chi connectivity index (χ0v) is 18.4. The molecular weight excluding hydrogens is 438 g/mol. The van der Waals surface area contributed by atoms with Gasteiger partial charge in [0, 0.05) is 18.5 Å². The number of nitrogens with zero attached hydrogens (tertiary/aromatic N) is 3. The summed E-state index contributed by atoms with van der Waals surface area (Å²) in [6.45, 7) is 6.14. The summed E-state index contributed by atoms with van der Waals surface area (Å²) < 4.78 is 51.4. The lowest BCUT2D eigenvalue weighted by Crippen LogP contribution is -2.33. The monoisotopic (exact) mass is 459 g/mol. The first kappa shape index (κ1) is 21.5. The molecule has 3 heterocycles. The molecule has 1 aliphatic rings. The number of anilines is 1. The van der Waals surface area contributed by atoms with E-state index in [0.717, 1.165) is 17.1 Å². The number of hydrogen-bond donors (Lipinski definition) is 3. The van der Waals surface area contributed by atoms with Crippen molar-refractivity contribution in [1.82, 2.24) is 9.62 Å². The fourth-order valence-corrected chi connectivity index (χ4v) is 6.10. The molecular formula is C16H21N5O5S3. The zero-order chi connectivity index (χ0) is 21.2. The van der Waals surface area contributed by atoms with Crippen molar-refractivity contribution < 1.29 is 22.2 Å². The number of rotatable bonds is 7. The SMILES string of the molecule is CCN(CC)S(=O)(=O)c1scc(NC2=NS(=O)N=C2NCc2ccc(C)o2)c1O. The van der Waals surface area contributed by atoms with Gasteiger partial charge in [-0.1, -0.05) is 13.8 Å². The molecule has 0 saturated carbocycles. The Morgan fingerprint density at radius 1 is 1.24 bits per heavy atom. The van der Waals surface area contributed by atoms with Gasteiger partial charge in [-0.05, 0) is 19.1 Å². The topological polar surface area (TPSA) is 137 Å². The van der Waals surface area contributed by atoms with E-state index in [1.54, 1.807) is 19.9 Å². The zero-order valence-electron chi connectivity index (χ0n) is 16.0. The number of furan rings is 1. The quantitative estimate of drug-likeness (QED) is 0.576. The Bertz CT molecular complexity index is 1080. The normalized spacial score (nSPS) is 16.8. The van der Waals surface area contributed by atoms with Crippen LogP contribution in [0.25, 0.3) is 0 Å². The highest BCUT2D eigenvalue weighted by molar-refractivity contribution is 7.91. The van der Waals surface area contributed by atoms with Crippen molar-refractivity contribution in [3.05, 3.63) is 29.0 Å². The van der Waals surface area contributed by atoms with Crippen LogP contribution in [-0.2, 0) is 27.7 Å². The predicted molar refractivity (Wildman–Crippen MR) is 113 cm³/mol. The lowest BCUT2D eigenvalue weighted by Gasteiger charge is -2.17. The van der Waals surface area contributed by atoms with Crippen molar-refractivity contribution >= 4 is 49.9 Å². The van der Waals surface area contributed by atoms with Crippen molar-refractivity contribution in [2.45, 2.75) is 31.5 Å². The minimum absolute atomic E-state index is 0.131. The second-order valence-electron chi connectivity index (χ2n) is 5.98. The van der Waals surface area contributed by atoms with Crippen LogP contribution in [-0.4, -0.2) is 46.8 Å². The molecule has 0 spiro atoms. The van der Waals surface area contributed by atoms with Gasteiger partial charge in [-0.3, -0.25) is 0 Å². The van der Waals surface area contributed by atoms with Crippen LogP contribution in [0.15, 0.2) is 34.9 Å². The van der Waals surface area contributed by atoms with Crippen molar-refractivity contribution in [3.63, 3.8) is 0 Å². The van der Waals surface area contributed by atoms with Gasteiger partial charge in [-0.25, -0.2) is 12.6 Å². The molecule has 10 nitrogen and oxygen atoms in total. The average molecular weight is 460 g/mol. The molecule has 0 bridgehead atoms. The first-order valence-electron chi connectivity index (χ1n) is 8.72. The van der Waals surface area contributed by atoms with E-state index in [9.17, 15) is 17.7 Å². The minimum Gasteiger partial charge on any atom is -0.504 e. The molecule has 1 unspecified atom stereocenters. The van der Waals surface area contributed by atoms with Crippen LogP contribution in [0.2, 0.25) is 0 Å². The summed E-state index contributed by atoms with van der Waals surface area (Å²) in [5, 5.41) is 17.7. The third-order valence-corrected chi connectivity index (χ3v) is 8.27. The van der Waals surface area contributed by atoms with Crippen molar-refractivity contribution in [2.75, 3.05) is 18.4 Å². The van der Waals surface area contributed by atoms with Crippen LogP contribution >= 0.6 is 11.3 Å². The molecule has 0 fully saturated rings. The fraction of sp³-hybridized carbons (Fsp3) is 0.375. The highest BCUT2D eigenvalue weighted by atomic mass is 32.2. The van der Waals surface area contributed by atoms with E-state index in [2.05, 4.69) is 19.4 Å². The molecule has 1 aliphatic heterocycles. The molecule has 3 rings (SSSR count). The molecule has 0 saturated heterocycles. The van der Waals surface area contributed by atoms with Crippen molar-refractivity contribution in [3.8, 4) is 5.75 Å². The van der Waals surface area contributed by atoms with Gasteiger partial charge in [0.2, 0.25) is 0 Å². The smallest absolute Gasteiger partial charge is 0.269 e. The van der Waals surface area contributed by atoms with E-state index in [4.69, 9.17) is 4.42 Å². The Balaban J connectivity index is 1.77. The summed E-state index contributed by atoms with van der Waals surface area (Å²) >= 11 is -0.929. The molecule has 3 N–H and O–H groups in total. The molecule has 13 heteroatoms. The number of aryl methyl sites for hydroxylation is 1. The van der Waals surface area contributed by atoms with Crippen LogP contribution in [0.5, 0.6) is 5.75 Å². The fourth-order valence-electron chi connectivity index (χ4n) is 2.63. The summed E-state index contributed by atoms with van der Waals surface area (Å²) in [6, 6.07) is 3.62. The van der Waals surface area contributed by atoms with Gasteiger partial charge in [-0.2, -0.15) is 4.31 Å². The number of sulfonamides is 1. The number of nitrogens with one attached hydrogen (secondary N) is 2. The maximum atomic E-state index is 12.7. The second-order valence-corrected chi connectivity index (χ2v) is 9.82. The predicted octanol–water partition coefficient (Wildman–Crippen LogP) is 1.98. The Morgan fingerprint density at radius 2 is 1.93 bits per heavy atom. The van der Waals surface area contributed by atoms with Crippen molar-refractivity contribution in [1.29, 1.82) is 0 Å². The van der Waals surface area contributed by atoms with Gasteiger partial charge in [0.15, 0.2) is 21.6 Å². The summed E-state index contributed by atoms with van der Waals surface area (Å²) in [4.78, 5) is 0. The van der Waals surface area contributed by atoms with Crippen LogP contribution in [0, 0.1) is 6.92 Å². The van der Waals surface area contributed by atoms with E-state index >= 15 is 0 Å². The molecule has 0 radical (unpaired) electrons. The molecule has 158 valence electrons. The maximum Gasteiger partial charge on any atom is 0.269 e. The van der Waals surface area contributed by atoms with Gasteiger partial charge in [0.1, 0.15) is 11.5 Å². The van der Waals surface area contributed by atoms with Crippen molar-refractivity contribution in [2.24, 2.45) is 8.80 Å². The van der Waals surface area contributed by atoms with Crippen LogP contribution < -0.4 is 10.6 Å². The van der Waals surface area contributed by atoms with Crippen LogP contribution in [0.4, 0.5) is 5.69 Å². The molecule has 0 aromatic carbocycles. The van der Waals surface area contributed by atoms with E-state index in [1.807, 2.05) is 13.0 Å². The van der Waals surface area contributed by atoms with Gasteiger partial charge in [0.05, 0.1) is 12.2 Å². The number of amidine groups is 2. The van der Waals surface area contributed by atoms with Gasteiger partial charge < -0.3 is 20.2 Å². The summed E-state index contributed by atoms with van der Waals surface area (Å²) in [6.07, 6.45) is 0. The third-order valence-electron chi connectivity index (χ3n) is 4.05. The van der Waals surface area contributed by atoms with E-state index in [1.165, 1.54) is 9.69 Å². The summed E-state index contributed by atoms with van der Waals surface area (Å²) in [5.74, 6) is 1.36. The van der Waals surface area contributed by atoms with E-state index < -0.39 is 26.9 Å². The Hall–Kier alpha value is -2.22. The molecule has 1 atom stereocenters. The highest BCUT2D eigenvalue weighted by Crippen LogP contribution is 2.39. The Kier molecular flexibility index (Phi) is 6.41. The number of thiophene rings is 1.